The Labute approximate surface area is 373 Å². The molecule has 0 radical (unpaired) electrons. The molecule has 15 heteroatoms. The average molecular weight is 923 g/mol. The van der Waals surface area contributed by atoms with E-state index in [1.54, 1.807) is 6.92 Å². The lowest BCUT2D eigenvalue weighted by Crippen LogP contribution is -2.41. The van der Waals surface area contributed by atoms with E-state index in [-0.39, 0.29) is 39.5 Å². The van der Waals surface area contributed by atoms with Crippen LogP contribution in [-0.2, 0) is 33.3 Å². The molecule has 4 aromatic rings. The van der Waals surface area contributed by atoms with Crippen molar-refractivity contribution in [3.05, 3.63) is 125 Å². The van der Waals surface area contributed by atoms with Gasteiger partial charge in [0.05, 0.1) is 22.1 Å². The van der Waals surface area contributed by atoms with Crippen LogP contribution in [0, 0.1) is 23.3 Å². The molecule has 5 unspecified atom stereocenters. The van der Waals surface area contributed by atoms with Crippen molar-refractivity contribution in [3.63, 3.8) is 0 Å². The van der Waals surface area contributed by atoms with Crippen LogP contribution in [0.4, 0.5) is 28.9 Å². The van der Waals surface area contributed by atoms with Crippen molar-refractivity contribution in [1.82, 2.24) is 10.6 Å². The zero-order chi connectivity index (χ0) is 44.1. The number of amides is 2. The van der Waals surface area contributed by atoms with Gasteiger partial charge in [0.15, 0.2) is 11.6 Å². The van der Waals surface area contributed by atoms with Gasteiger partial charge in [-0.15, -0.1) is 0 Å². The van der Waals surface area contributed by atoms with E-state index in [0.717, 1.165) is 54.7 Å². The van der Waals surface area contributed by atoms with Crippen LogP contribution in [0.15, 0.2) is 48.5 Å². The Balaban J connectivity index is 0.000000184. The fraction of sp³-hybridized carbons (Fsp3) is 0.435. The maximum Gasteiger partial charge on any atom is 0.220 e. The van der Waals surface area contributed by atoms with Crippen LogP contribution >= 0.6 is 46.4 Å². The number of rotatable bonds is 8. The van der Waals surface area contributed by atoms with Crippen LogP contribution in [0.3, 0.4) is 0 Å². The summed E-state index contributed by atoms with van der Waals surface area (Å²) in [7, 11) is 0. The number of halogens is 8. The highest BCUT2D eigenvalue weighted by atomic mass is 35.5. The van der Waals surface area contributed by atoms with Crippen molar-refractivity contribution in [2.75, 3.05) is 29.4 Å². The summed E-state index contributed by atoms with van der Waals surface area (Å²) < 4.78 is 57.3. The van der Waals surface area contributed by atoms with Gasteiger partial charge < -0.3 is 25.5 Å². The average Bonchev–Trinajstić information content (AvgIpc) is 4.04. The number of aliphatic hydroxyl groups is 1. The second kappa shape index (κ2) is 17.8. The second-order valence-corrected chi connectivity index (χ2v) is 18.5. The highest BCUT2D eigenvalue weighted by molar-refractivity contribution is 6.35. The zero-order valence-corrected chi connectivity index (χ0v) is 37.3. The topological polar surface area (TPSA) is 84.9 Å². The van der Waals surface area contributed by atoms with Crippen molar-refractivity contribution < 1.29 is 32.3 Å². The number of carbonyl (C=O) groups excluding carboxylic acids is 2. The lowest BCUT2D eigenvalue weighted by Gasteiger charge is -2.33. The maximum absolute atomic E-state index is 14.8. The summed E-state index contributed by atoms with van der Waals surface area (Å²) in [5.74, 6) is -3.46. The molecule has 7 nitrogen and oxygen atoms in total. The van der Waals surface area contributed by atoms with Crippen LogP contribution < -0.4 is 20.4 Å². The highest BCUT2D eigenvalue weighted by Crippen LogP contribution is 2.46. The monoisotopic (exact) mass is 920 g/mol. The van der Waals surface area contributed by atoms with Gasteiger partial charge in [-0.2, -0.15) is 0 Å². The summed E-state index contributed by atoms with van der Waals surface area (Å²) in [5, 5.41) is 15.6. The summed E-state index contributed by atoms with van der Waals surface area (Å²) in [4.78, 5) is 27.6. The Morgan fingerprint density at radius 1 is 0.705 bits per heavy atom. The van der Waals surface area contributed by atoms with Crippen molar-refractivity contribution >= 4 is 69.6 Å². The number of anilines is 2. The third-order valence-electron chi connectivity index (χ3n) is 13.1. The van der Waals surface area contributed by atoms with Crippen LogP contribution in [0.2, 0.25) is 20.1 Å². The predicted molar refractivity (Wildman–Crippen MR) is 234 cm³/mol. The van der Waals surface area contributed by atoms with Gasteiger partial charge in [-0.3, -0.25) is 9.59 Å². The summed E-state index contributed by atoms with van der Waals surface area (Å²) in [6, 6.07) is 14.9. The van der Waals surface area contributed by atoms with E-state index in [0.29, 0.717) is 44.3 Å². The van der Waals surface area contributed by atoms with E-state index in [1.807, 2.05) is 43.9 Å². The zero-order valence-electron chi connectivity index (χ0n) is 34.3. The number of nitrogens with zero attached hydrogens (tertiary/aromatic N) is 2. The molecule has 0 aromatic heterocycles. The summed E-state index contributed by atoms with van der Waals surface area (Å²) in [5.41, 5.74) is 5.42. The number of aliphatic hydroxyl groups excluding tert-OH is 1. The Hall–Kier alpha value is -3.74. The molecule has 326 valence electrons. The normalized spacial score (nSPS) is 24.0. The number of carbonyl (C=O) groups is 2. The lowest BCUT2D eigenvalue weighted by molar-refractivity contribution is -0.122. The molecule has 4 aliphatic rings. The first kappa shape index (κ1) is 45.3. The predicted octanol–water partition coefficient (Wildman–Crippen LogP) is 11.2. The number of fused-ring (bicyclic) bond motifs is 2. The molecule has 2 fully saturated rings. The molecule has 8 rings (SSSR count). The number of hydrogen-bond acceptors (Lipinski definition) is 5. The maximum atomic E-state index is 14.8. The van der Waals surface area contributed by atoms with Crippen molar-refractivity contribution in [3.8, 4) is 0 Å². The minimum Gasteiger partial charge on any atom is -0.373 e. The first-order chi connectivity index (χ1) is 28.9. The fourth-order valence-electron chi connectivity index (χ4n) is 9.37. The molecule has 2 amide bonds. The van der Waals surface area contributed by atoms with E-state index in [4.69, 9.17) is 46.4 Å². The van der Waals surface area contributed by atoms with Gasteiger partial charge in [-0.05, 0) is 103 Å². The third-order valence-corrected chi connectivity index (χ3v) is 14.3. The standard InChI is InChI=1S/C23H24Cl2F2N2O2.C23H24Cl2F2N2O/c1-3-18(30)28-17-7-4-12-10-13(5-6-14(12)17)29-9-8-23(2,22(29)31)15-11-16(24)21(27)19(25)20(15)26;1-3-19(30)28-18-7-4-13-10-14(5-6-15(13)18)29-9-8-23(2,12-29)16-11-17(24)22(27)20(25)21(16)26/h5-6,10-11,17,22,31H,3-4,7-9H2,1-2H3,(H,28,30);5-6,10-11,18H,3-4,7-9,12H2,1-2H3,(H,28,30). The first-order valence-electron chi connectivity index (χ1n) is 20.6. The Morgan fingerprint density at radius 3 is 1.74 bits per heavy atom. The smallest absolute Gasteiger partial charge is 0.220 e. The first-order valence-corrected chi connectivity index (χ1v) is 22.1. The molecule has 2 heterocycles. The number of hydrogen-bond donors (Lipinski definition) is 3. The minimum absolute atomic E-state index is 0.00265. The van der Waals surface area contributed by atoms with Crippen molar-refractivity contribution in [2.45, 2.75) is 108 Å². The van der Waals surface area contributed by atoms with Gasteiger partial charge in [-0.25, -0.2) is 17.6 Å². The molecule has 0 spiro atoms. The molecule has 61 heavy (non-hydrogen) atoms. The quantitative estimate of drug-likeness (QED) is 0.0931. The second-order valence-electron chi connectivity index (χ2n) is 17.0. The molecule has 2 aliphatic carbocycles. The van der Waals surface area contributed by atoms with E-state index in [1.165, 1.54) is 23.3 Å². The summed E-state index contributed by atoms with van der Waals surface area (Å²) in [6.07, 6.45) is 4.50. The molecular formula is C46H48Cl4F4N4O3. The minimum atomic E-state index is -1.05. The van der Waals surface area contributed by atoms with Gasteiger partial charge in [-0.1, -0.05) is 86.2 Å². The SMILES string of the molecule is CCC(=O)NC1CCc2cc(N3CCC(C)(c4cc(Cl)c(F)c(Cl)c4F)C3)ccc21.CCC(=O)NC1CCc2cc(N3CCC(C)(c4cc(Cl)c(F)c(Cl)c4F)C3O)ccc21. The molecule has 5 atom stereocenters. The number of aryl methyl sites for hydroxylation is 2. The summed E-state index contributed by atoms with van der Waals surface area (Å²) in [6.45, 7) is 9.17. The fourth-order valence-corrected chi connectivity index (χ4v) is 10.3. The Morgan fingerprint density at radius 2 is 1.20 bits per heavy atom. The lowest BCUT2D eigenvalue weighted by atomic mass is 9.80. The Bertz CT molecular complexity index is 2390. The van der Waals surface area contributed by atoms with Gasteiger partial charge in [0.2, 0.25) is 11.8 Å². The molecule has 0 bridgehead atoms. The van der Waals surface area contributed by atoms with Crippen molar-refractivity contribution in [2.24, 2.45) is 0 Å². The van der Waals surface area contributed by atoms with Gasteiger partial charge >= 0.3 is 0 Å². The van der Waals surface area contributed by atoms with Gasteiger partial charge in [0.25, 0.3) is 0 Å². The molecule has 0 saturated carbocycles. The highest BCUT2D eigenvalue weighted by Gasteiger charge is 2.47. The van der Waals surface area contributed by atoms with Crippen LogP contribution in [0.1, 0.15) is 112 Å². The van der Waals surface area contributed by atoms with E-state index in [9.17, 15) is 32.3 Å². The molecule has 2 aliphatic heterocycles. The number of benzene rings is 4. The van der Waals surface area contributed by atoms with Gasteiger partial charge in [0.1, 0.15) is 27.9 Å². The van der Waals surface area contributed by atoms with E-state index in [2.05, 4.69) is 33.7 Å². The molecule has 2 saturated heterocycles. The van der Waals surface area contributed by atoms with Crippen LogP contribution in [-0.4, -0.2) is 42.8 Å². The van der Waals surface area contributed by atoms with Crippen LogP contribution in [0.5, 0.6) is 0 Å². The van der Waals surface area contributed by atoms with Crippen molar-refractivity contribution in [1.29, 1.82) is 0 Å². The largest absolute Gasteiger partial charge is 0.373 e. The molecule has 3 N–H and O–H groups in total. The number of nitrogens with one attached hydrogen (secondary N) is 2. The molecule has 4 aromatic carbocycles. The van der Waals surface area contributed by atoms with Gasteiger partial charge in [0, 0.05) is 60.2 Å². The van der Waals surface area contributed by atoms with Crippen LogP contribution in [0.25, 0.3) is 0 Å². The van der Waals surface area contributed by atoms with E-state index < -0.39 is 50.4 Å². The third kappa shape index (κ3) is 8.54. The van der Waals surface area contributed by atoms with E-state index >= 15 is 0 Å². The Kier molecular flexibility index (Phi) is 13.2. The summed E-state index contributed by atoms with van der Waals surface area (Å²) >= 11 is 23.5. The molecular weight excluding hydrogens is 874 g/mol.